The van der Waals surface area contributed by atoms with Crippen molar-refractivity contribution in [1.29, 1.82) is 0 Å². The van der Waals surface area contributed by atoms with Gasteiger partial charge in [-0.3, -0.25) is 4.98 Å². The number of fused-ring (bicyclic) bond motifs is 1. The Kier molecular flexibility index (Phi) is 4.36. The van der Waals surface area contributed by atoms with Crippen LogP contribution in [-0.2, 0) is 4.74 Å². The number of para-hydroxylation sites is 1. The molecular weight excluding hydrogens is 264 g/mol. The van der Waals surface area contributed by atoms with Crippen LogP contribution in [0.4, 0.5) is 0 Å². The highest BCUT2D eigenvalue weighted by Crippen LogP contribution is 2.31. The van der Waals surface area contributed by atoms with E-state index in [1.165, 1.54) is 0 Å². The molecule has 4 nitrogen and oxygen atoms in total. The summed E-state index contributed by atoms with van der Waals surface area (Å²) in [6, 6.07) is 10.4. The maximum Gasteiger partial charge on any atom is 0.146 e. The first-order chi connectivity index (χ1) is 10.3. The zero-order chi connectivity index (χ0) is 14.7. The van der Waals surface area contributed by atoms with Crippen LogP contribution in [0.5, 0.6) is 5.75 Å². The Morgan fingerprint density at radius 1 is 1.29 bits per heavy atom. The van der Waals surface area contributed by atoms with Crippen molar-refractivity contribution in [3.8, 4) is 5.75 Å². The predicted octanol–water partition coefficient (Wildman–Crippen LogP) is 2.77. The summed E-state index contributed by atoms with van der Waals surface area (Å²) < 4.78 is 11.7. The quantitative estimate of drug-likeness (QED) is 0.887. The van der Waals surface area contributed by atoms with Gasteiger partial charge >= 0.3 is 0 Å². The first-order valence-electron chi connectivity index (χ1n) is 7.60. The van der Waals surface area contributed by atoms with Gasteiger partial charge in [-0.2, -0.15) is 0 Å². The van der Waals surface area contributed by atoms with Gasteiger partial charge in [0.05, 0.1) is 0 Å². The molecule has 1 N–H and O–H groups in total. The van der Waals surface area contributed by atoms with Gasteiger partial charge in [-0.1, -0.05) is 25.1 Å². The molecule has 3 unspecified atom stereocenters. The molecule has 4 heteroatoms. The number of benzene rings is 1. The van der Waals surface area contributed by atoms with Gasteiger partial charge in [-0.05, 0) is 25.1 Å². The SMILES string of the molecule is CCCNC1CC(Oc2cccc3cccnc23)C1OC. The maximum atomic E-state index is 6.15. The molecule has 0 bridgehead atoms. The Hall–Kier alpha value is -1.65. The van der Waals surface area contributed by atoms with Crippen molar-refractivity contribution in [2.75, 3.05) is 13.7 Å². The Labute approximate surface area is 125 Å². The lowest BCUT2D eigenvalue weighted by Crippen LogP contribution is -2.61. The first kappa shape index (κ1) is 14.3. The van der Waals surface area contributed by atoms with Crippen LogP contribution in [-0.4, -0.2) is 36.9 Å². The number of ether oxygens (including phenoxy) is 2. The zero-order valence-electron chi connectivity index (χ0n) is 12.6. The Balaban J connectivity index is 1.71. The van der Waals surface area contributed by atoms with E-state index in [1.54, 1.807) is 13.3 Å². The van der Waals surface area contributed by atoms with Crippen molar-refractivity contribution in [3.63, 3.8) is 0 Å². The Bertz CT molecular complexity index is 597. The van der Waals surface area contributed by atoms with Gasteiger partial charge in [0.1, 0.15) is 23.5 Å². The van der Waals surface area contributed by atoms with E-state index >= 15 is 0 Å². The lowest BCUT2D eigenvalue weighted by atomic mass is 9.85. The van der Waals surface area contributed by atoms with Gasteiger partial charge in [0.25, 0.3) is 0 Å². The molecule has 112 valence electrons. The molecule has 1 fully saturated rings. The highest BCUT2D eigenvalue weighted by Gasteiger charge is 2.43. The van der Waals surface area contributed by atoms with Gasteiger partial charge in [-0.15, -0.1) is 0 Å². The highest BCUT2D eigenvalue weighted by atomic mass is 16.5. The summed E-state index contributed by atoms with van der Waals surface area (Å²) in [5, 5.41) is 4.60. The standard InChI is InChI=1S/C17H22N2O2/c1-3-9-18-13-11-15(17(13)20-2)21-14-8-4-6-12-7-5-10-19-16(12)14/h4-8,10,13,15,17-18H,3,9,11H2,1-2H3. The number of aromatic nitrogens is 1. The molecule has 0 amide bonds. The van der Waals surface area contributed by atoms with E-state index in [4.69, 9.17) is 9.47 Å². The second kappa shape index (κ2) is 6.41. The van der Waals surface area contributed by atoms with Gasteiger partial charge in [0.15, 0.2) is 0 Å². The second-order valence-electron chi connectivity index (χ2n) is 5.48. The van der Waals surface area contributed by atoms with Crippen LogP contribution in [0.3, 0.4) is 0 Å². The zero-order valence-corrected chi connectivity index (χ0v) is 12.6. The van der Waals surface area contributed by atoms with Crippen molar-refractivity contribution < 1.29 is 9.47 Å². The molecule has 1 heterocycles. The van der Waals surface area contributed by atoms with Crippen molar-refractivity contribution in [3.05, 3.63) is 36.5 Å². The molecule has 2 aromatic rings. The lowest BCUT2D eigenvalue weighted by molar-refractivity contribution is -0.0882. The second-order valence-corrected chi connectivity index (χ2v) is 5.48. The van der Waals surface area contributed by atoms with Crippen LogP contribution in [0.2, 0.25) is 0 Å². The minimum Gasteiger partial charge on any atom is -0.485 e. The topological polar surface area (TPSA) is 43.4 Å². The summed E-state index contributed by atoms with van der Waals surface area (Å²) in [6.45, 7) is 3.19. The molecule has 3 atom stereocenters. The largest absolute Gasteiger partial charge is 0.485 e. The summed E-state index contributed by atoms with van der Waals surface area (Å²) >= 11 is 0. The molecule has 0 aliphatic heterocycles. The molecule has 3 rings (SSSR count). The Morgan fingerprint density at radius 2 is 2.14 bits per heavy atom. The molecule has 21 heavy (non-hydrogen) atoms. The van der Waals surface area contributed by atoms with Crippen molar-refractivity contribution in [2.45, 2.75) is 38.0 Å². The number of nitrogens with one attached hydrogen (secondary N) is 1. The van der Waals surface area contributed by atoms with Gasteiger partial charge < -0.3 is 14.8 Å². The molecule has 1 aromatic heterocycles. The number of pyridine rings is 1. The summed E-state index contributed by atoms with van der Waals surface area (Å²) in [4.78, 5) is 4.43. The molecule has 1 saturated carbocycles. The highest BCUT2D eigenvalue weighted by molar-refractivity contribution is 5.84. The smallest absolute Gasteiger partial charge is 0.146 e. The minimum absolute atomic E-state index is 0.0944. The summed E-state index contributed by atoms with van der Waals surface area (Å²) in [7, 11) is 1.75. The number of methoxy groups -OCH3 is 1. The van der Waals surface area contributed by atoms with Crippen molar-refractivity contribution in [1.82, 2.24) is 10.3 Å². The van der Waals surface area contributed by atoms with Crippen LogP contribution in [0.15, 0.2) is 36.5 Å². The minimum atomic E-state index is 0.0944. The van der Waals surface area contributed by atoms with Gasteiger partial charge in [0, 0.05) is 31.2 Å². The van der Waals surface area contributed by atoms with Crippen LogP contribution in [0.1, 0.15) is 19.8 Å². The van der Waals surface area contributed by atoms with Crippen LogP contribution >= 0.6 is 0 Å². The van der Waals surface area contributed by atoms with Crippen LogP contribution < -0.4 is 10.1 Å². The fraction of sp³-hybridized carbons (Fsp3) is 0.471. The van der Waals surface area contributed by atoms with E-state index in [1.807, 2.05) is 18.2 Å². The summed E-state index contributed by atoms with van der Waals surface area (Å²) in [5.74, 6) is 0.842. The van der Waals surface area contributed by atoms with E-state index in [0.29, 0.717) is 6.04 Å². The fourth-order valence-corrected chi connectivity index (χ4v) is 2.88. The number of nitrogens with zero attached hydrogens (tertiary/aromatic N) is 1. The van der Waals surface area contributed by atoms with Gasteiger partial charge in [0.2, 0.25) is 0 Å². The first-order valence-corrected chi connectivity index (χ1v) is 7.60. The summed E-state index contributed by atoms with van der Waals surface area (Å²) in [5.41, 5.74) is 0.917. The van der Waals surface area contributed by atoms with Gasteiger partial charge in [-0.25, -0.2) is 0 Å². The average molecular weight is 286 g/mol. The van der Waals surface area contributed by atoms with Crippen LogP contribution in [0, 0.1) is 0 Å². The van der Waals surface area contributed by atoms with Crippen LogP contribution in [0.25, 0.3) is 10.9 Å². The average Bonchev–Trinajstić information content (AvgIpc) is 2.50. The molecule has 1 aliphatic carbocycles. The molecule has 0 radical (unpaired) electrons. The summed E-state index contributed by atoms with van der Waals surface area (Å²) in [6.07, 6.45) is 4.11. The third-order valence-corrected chi connectivity index (χ3v) is 4.05. The van der Waals surface area contributed by atoms with Crippen molar-refractivity contribution >= 4 is 10.9 Å². The maximum absolute atomic E-state index is 6.15. The third kappa shape index (κ3) is 2.87. The molecular formula is C17H22N2O2. The number of rotatable bonds is 6. The van der Waals surface area contributed by atoms with E-state index < -0.39 is 0 Å². The molecule has 1 aliphatic rings. The number of hydrogen-bond acceptors (Lipinski definition) is 4. The van der Waals surface area contributed by atoms with Crippen molar-refractivity contribution in [2.24, 2.45) is 0 Å². The number of hydrogen-bond donors (Lipinski definition) is 1. The molecule has 0 spiro atoms. The Morgan fingerprint density at radius 3 is 2.95 bits per heavy atom. The van der Waals surface area contributed by atoms with E-state index in [0.717, 1.165) is 36.0 Å². The van der Waals surface area contributed by atoms with E-state index in [9.17, 15) is 0 Å². The molecule has 0 saturated heterocycles. The normalized spacial score (nSPS) is 24.8. The predicted molar refractivity (Wildman–Crippen MR) is 83.7 cm³/mol. The molecule has 1 aromatic carbocycles. The lowest BCUT2D eigenvalue weighted by Gasteiger charge is -2.43. The van der Waals surface area contributed by atoms with E-state index in [2.05, 4.69) is 29.4 Å². The third-order valence-electron chi connectivity index (χ3n) is 4.05. The van der Waals surface area contributed by atoms with E-state index in [-0.39, 0.29) is 12.2 Å². The monoisotopic (exact) mass is 286 g/mol. The fourth-order valence-electron chi connectivity index (χ4n) is 2.88.